The zero-order chi connectivity index (χ0) is 15.1. The fraction of sp³-hybridized carbons (Fsp3) is 0.235. The van der Waals surface area contributed by atoms with E-state index < -0.39 is 0 Å². The van der Waals surface area contributed by atoms with Crippen molar-refractivity contribution >= 4 is 11.6 Å². The molecule has 0 fully saturated rings. The normalized spacial score (nSPS) is 10.0. The number of carbonyl (C=O) groups excluding carboxylic acids is 1. The molecule has 0 heterocycles. The van der Waals surface area contributed by atoms with Crippen LogP contribution in [0.5, 0.6) is 5.75 Å². The van der Waals surface area contributed by atoms with E-state index in [1.807, 2.05) is 55.5 Å². The third kappa shape index (κ3) is 4.53. The number of ether oxygens (including phenoxy) is 1. The predicted octanol–water partition coefficient (Wildman–Crippen LogP) is 2.73. The fourth-order valence-electron chi connectivity index (χ4n) is 1.98. The van der Waals surface area contributed by atoms with Crippen LogP contribution in [0.2, 0.25) is 0 Å². The van der Waals surface area contributed by atoms with E-state index in [9.17, 15) is 4.79 Å². The van der Waals surface area contributed by atoms with E-state index in [2.05, 4.69) is 10.6 Å². The second kappa shape index (κ2) is 7.33. The molecule has 1 amide bonds. The molecule has 0 bridgehead atoms. The van der Waals surface area contributed by atoms with Crippen molar-refractivity contribution < 1.29 is 9.53 Å². The van der Waals surface area contributed by atoms with Gasteiger partial charge in [0.15, 0.2) is 0 Å². The van der Waals surface area contributed by atoms with Crippen LogP contribution in [-0.4, -0.2) is 19.6 Å². The Hall–Kier alpha value is -2.49. The quantitative estimate of drug-likeness (QED) is 0.857. The number of benzene rings is 2. The topological polar surface area (TPSA) is 50.4 Å². The van der Waals surface area contributed by atoms with Gasteiger partial charge in [-0.05, 0) is 30.2 Å². The van der Waals surface area contributed by atoms with E-state index >= 15 is 0 Å². The molecule has 0 unspecified atom stereocenters. The number of anilines is 1. The monoisotopic (exact) mass is 284 g/mol. The summed E-state index contributed by atoms with van der Waals surface area (Å²) in [5.41, 5.74) is 3.17. The van der Waals surface area contributed by atoms with E-state index in [-0.39, 0.29) is 12.5 Å². The van der Waals surface area contributed by atoms with Crippen molar-refractivity contribution in [3.05, 3.63) is 59.7 Å². The minimum Gasteiger partial charge on any atom is -0.497 e. The van der Waals surface area contributed by atoms with Gasteiger partial charge in [0.25, 0.3) is 0 Å². The molecule has 0 aromatic heterocycles. The Morgan fingerprint density at radius 1 is 1.14 bits per heavy atom. The molecule has 2 aromatic carbocycles. The number of hydrogen-bond acceptors (Lipinski definition) is 3. The summed E-state index contributed by atoms with van der Waals surface area (Å²) in [6.07, 6.45) is 0. The highest BCUT2D eigenvalue weighted by atomic mass is 16.5. The molecule has 4 heteroatoms. The maximum atomic E-state index is 11.9. The number of nitrogens with one attached hydrogen (secondary N) is 2. The first-order chi connectivity index (χ1) is 10.2. The Balaban J connectivity index is 1.81. The van der Waals surface area contributed by atoms with Gasteiger partial charge >= 0.3 is 0 Å². The highest BCUT2D eigenvalue weighted by molar-refractivity contribution is 5.80. The SMILES string of the molecule is COc1cccc(NCC(=O)NCc2ccccc2C)c1. The van der Waals surface area contributed by atoms with Gasteiger partial charge < -0.3 is 15.4 Å². The number of methoxy groups -OCH3 is 1. The Labute approximate surface area is 125 Å². The first-order valence-electron chi connectivity index (χ1n) is 6.88. The molecule has 110 valence electrons. The molecule has 0 aliphatic heterocycles. The van der Waals surface area contributed by atoms with Crippen molar-refractivity contribution in [1.82, 2.24) is 5.32 Å². The maximum absolute atomic E-state index is 11.9. The second-order valence-corrected chi connectivity index (χ2v) is 4.79. The van der Waals surface area contributed by atoms with Gasteiger partial charge in [0.2, 0.25) is 5.91 Å². The lowest BCUT2D eigenvalue weighted by molar-refractivity contribution is -0.119. The van der Waals surface area contributed by atoms with Crippen molar-refractivity contribution in [2.24, 2.45) is 0 Å². The highest BCUT2D eigenvalue weighted by Crippen LogP contribution is 2.16. The van der Waals surface area contributed by atoms with Crippen molar-refractivity contribution in [1.29, 1.82) is 0 Å². The molecule has 0 spiro atoms. The molecule has 0 atom stereocenters. The van der Waals surface area contributed by atoms with Gasteiger partial charge in [-0.3, -0.25) is 4.79 Å². The zero-order valence-electron chi connectivity index (χ0n) is 12.3. The summed E-state index contributed by atoms with van der Waals surface area (Å²) >= 11 is 0. The van der Waals surface area contributed by atoms with Gasteiger partial charge in [-0.15, -0.1) is 0 Å². The van der Waals surface area contributed by atoms with Crippen molar-refractivity contribution in [3.63, 3.8) is 0 Å². The molecule has 21 heavy (non-hydrogen) atoms. The molecular weight excluding hydrogens is 264 g/mol. The molecule has 2 rings (SSSR count). The molecule has 4 nitrogen and oxygen atoms in total. The summed E-state index contributed by atoms with van der Waals surface area (Å²) in [5.74, 6) is 0.724. The standard InChI is InChI=1S/C17H20N2O2/c1-13-6-3-4-7-14(13)11-19-17(20)12-18-15-8-5-9-16(10-15)21-2/h3-10,18H,11-12H2,1-2H3,(H,19,20). The van der Waals surface area contributed by atoms with Crippen LogP contribution in [0.3, 0.4) is 0 Å². The third-order valence-corrected chi connectivity index (χ3v) is 3.26. The van der Waals surface area contributed by atoms with Crippen LogP contribution in [0, 0.1) is 6.92 Å². The maximum Gasteiger partial charge on any atom is 0.239 e. The van der Waals surface area contributed by atoms with E-state index in [0.29, 0.717) is 6.54 Å². The summed E-state index contributed by atoms with van der Waals surface area (Å²) in [5, 5.41) is 5.98. The minimum absolute atomic E-state index is 0.0407. The summed E-state index contributed by atoms with van der Waals surface area (Å²) in [4.78, 5) is 11.9. The van der Waals surface area contributed by atoms with Crippen LogP contribution in [0.25, 0.3) is 0 Å². The lowest BCUT2D eigenvalue weighted by atomic mass is 10.1. The Morgan fingerprint density at radius 2 is 1.95 bits per heavy atom. The molecular formula is C17H20N2O2. The highest BCUT2D eigenvalue weighted by Gasteiger charge is 2.03. The van der Waals surface area contributed by atoms with Crippen LogP contribution in [-0.2, 0) is 11.3 Å². The largest absolute Gasteiger partial charge is 0.497 e. The van der Waals surface area contributed by atoms with Crippen LogP contribution in [0.1, 0.15) is 11.1 Å². The van der Waals surface area contributed by atoms with Gasteiger partial charge in [0.1, 0.15) is 5.75 Å². The van der Waals surface area contributed by atoms with Gasteiger partial charge in [0, 0.05) is 18.3 Å². The van der Waals surface area contributed by atoms with Gasteiger partial charge in [-0.1, -0.05) is 30.3 Å². The second-order valence-electron chi connectivity index (χ2n) is 4.79. The van der Waals surface area contributed by atoms with Crippen molar-refractivity contribution in [3.8, 4) is 5.75 Å². The lowest BCUT2D eigenvalue weighted by Crippen LogP contribution is -2.29. The van der Waals surface area contributed by atoms with Crippen molar-refractivity contribution in [2.75, 3.05) is 19.0 Å². The van der Waals surface area contributed by atoms with E-state index in [4.69, 9.17) is 4.74 Å². The lowest BCUT2D eigenvalue weighted by Gasteiger charge is -2.10. The average Bonchev–Trinajstić information content (AvgIpc) is 2.52. The number of hydrogen-bond donors (Lipinski definition) is 2. The number of amides is 1. The van der Waals surface area contributed by atoms with Crippen LogP contribution >= 0.6 is 0 Å². The minimum atomic E-state index is -0.0407. The zero-order valence-corrected chi connectivity index (χ0v) is 12.3. The third-order valence-electron chi connectivity index (χ3n) is 3.26. The van der Waals surface area contributed by atoms with E-state index in [1.165, 1.54) is 5.56 Å². The Morgan fingerprint density at radius 3 is 2.71 bits per heavy atom. The fourth-order valence-corrected chi connectivity index (χ4v) is 1.98. The number of aryl methyl sites for hydroxylation is 1. The van der Waals surface area contributed by atoms with Gasteiger partial charge in [-0.2, -0.15) is 0 Å². The van der Waals surface area contributed by atoms with Crippen LogP contribution in [0.15, 0.2) is 48.5 Å². The molecule has 0 aliphatic carbocycles. The molecule has 0 saturated carbocycles. The smallest absolute Gasteiger partial charge is 0.239 e. The summed E-state index contributed by atoms with van der Waals surface area (Å²) in [6.45, 7) is 2.82. The Kier molecular flexibility index (Phi) is 5.21. The molecule has 2 N–H and O–H groups in total. The first-order valence-corrected chi connectivity index (χ1v) is 6.88. The molecule has 0 saturated heterocycles. The predicted molar refractivity (Wildman–Crippen MR) is 84.5 cm³/mol. The van der Waals surface area contributed by atoms with Crippen LogP contribution < -0.4 is 15.4 Å². The molecule has 0 radical (unpaired) electrons. The van der Waals surface area contributed by atoms with E-state index in [0.717, 1.165) is 17.0 Å². The number of carbonyl (C=O) groups is 1. The summed E-state index contributed by atoms with van der Waals surface area (Å²) in [7, 11) is 1.62. The Bertz CT molecular complexity index is 611. The van der Waals surface area contributed by atoms with Gasteiger partial charge in [-0.25, -0.2) is 0 Å². The average molecular weight is 284 g/mol. The summed E-state index contributed by atoms with van der Waals surface area (Å²) < 4.78 is 5.14. The molecule has 2 aromatic rings. The van der Waals surface area contributed by atoms with Crippen LogP contribution in [0.4, 0.5) is 5.69 Å². The van der Waals surface area contributed by atoms with Gasteiger partial charge in [0.05, 0.1) is 13.7 Å². The molecule has 0 aliphatic rings. The summed E-state index contributed by atoms with van der Waals surface area (Å²) in [6, 6.07) is 15.5. The number of rotatable bonds is 6. The van der Waals surface area contributed by atoms with Crippen molar-refractivity contribution in [2.45, 2.75) is 13.5 Å². The van der Waals surface area contributed by atoms with E-state index in [1.54, 1.807) is 7.11 Å². The first kappa shape index (κ1) is 14.9.